The molecule has 1 aromatic heterocycles. The molecule has 1 aromatic rings. The number of aliphatic hydroxyl groups is 1. The lowest BCUT2D eigenvalue weighted by molar-refractivity contribution is -0.121. The van der Waals surface area contributed by atoms with Crippen molar-refractivity contribution in [3.8, 4) is 0 Å². The summed E-state index contributed by atoms with van der Waals surface area (Å²) < 4.78 is 1.72. The van der Waals surface area contributed by atoms with Gasteiger partial charge in [0.15, 0.2) is 0 Å². The number of nitrogens with zero attached hydrogens (tertiary/aromatic N) is 3. The fourth-order valence-electron chi connectivity index (χ4n) is 1.71. The number of nitrogens with one attached hydrogen (secondary N) is 2. The molecule has 1 heterocycles. The summed E-state index contributed by atoms with van der Waals surface area (Å²) in [5.74, 6) is 0.113. The number of rotatable bonds is 9. The Morgan fingerprint density at radius 3 is 3.11 bits per heavy atom. The molecule has 1 aliphatic carbocycles. The maximum absolute atomic E-state index is 11.4. The van der Waals surface area contributed by atoms with E-state index in [9.17, 15) is 4.79 Å². The molecule has 1 fully saturated rings. The van der Waals surface area contributed by atoms with Crippen molar-refractivity contribution in [2.45, 2.75) is 44.8 Å². The summed E-state index contributed by atoms with van der Waals surface area (Å²) in [5, 5.41) is 22.8. The van der Waals surface area contributed by atoms with Crippen LogP contribution in [0.15, 0.2) is 6.20 Å². The van der Waals surface area contributed by atoms with E-state index in [0.717, 1.165) is 18.5 Å². The third-order valence-electron chi connectivity index (χ3n) is 2.91. The van der Waals surface area contributed by atoms with Crippen LogP contribution in [0.4, 0.5) is 0 Å². The molecule has 7 nitrogen and oxygen atoms in total. The van der Waals surface area contributed by atoms with Gasteiger partial charge >= 0.3 is 0 Å². The van der Waals surface area contributed by atoms with E-state index in [0.29, 0.717) is 38.5 Å². The Bertz CT molecular complexity index is 403. The first kappa shape index (κ1) is 14.0. The lowest BCUT2D eigenvalue weighted by Crippen LogP contribution is -2.29. The summed E-state index contributed by atoms with van der Waals surface area (Å²) in [6.45, 7) is 2.08. The number of carbonyl (C=O) groups is 1. The maximum Gasteiger partial charge on any atom is 0.221 e. The minimum atomic E-state index is 0.113. The highest BCUT2D eigenvalue weighted by atomic mass is 16.3. The molecular formula is C12H21N5O2. The molecule has 106 valence electrons. The largest absolute Gasteiger partial charge is 0.396 e. The lowest BCUT2D eigenvalue weighted by Gasteiger charge is -2.03. The summed E-state index contributed by atoms with van der Waals surface area (Å²) in [6.07, 6.45) is 5.27. The highest BCUT2D eigenvalue weighted by Gasteiger charge is 2.22. The van der Waals surface area contributed by atoms with Crippen LogP contribution in [0, 0.1) is 0 Å². The van der Waals surface area contributed by atoms with Gasteiger partial charge in [-0.2, -0.15) is 0 Å². The molecule has 0 unspecified atom stereocenters. The fourth-order valence-corrected chi connectivity index (χ4v) is 1.71. The van der Waals surface area contributed by atoms with Gasteiger partial charge in [0.25, 0.3) is 0 Å². The average molecular weight is 267 g/mol. The van der Waals surface area contributed by atoms with Gasteiger partial charge < -0.3 is 15.7 Å². The molecular weight excluding hydrogens is 246 g/mol. The van der Waals surface area contributed by atoms with Crippen LogP contribution in [-0.2, 0) is 17.9 Å². The van der Waals surface area contributed by atoms with Gasteiger partial charge in [0, 0.05) is 44.9 Å². The highest BCUT2D eigenvalue weighted by Crippen LogP contribution is 2.18. The summed E-state index contributed by atoms with van der Waals surface area (Å²) in [7, 11) is 0. The molecule has 0 radical (unpaired) electrons. The molecule has 1 aliphatic rings. The van der Waals surface area contributed by atoms with Gasteiger partial charge in [-0.15, -0.1) is 5.10 Å². The molecule has 1 saturated carbocycles. The normalized spacial score (nSPS) is 14.6. The molecule has 0 bridgehead atoms. The number of aromatic nitrogens is 3. The second-order valence-corrected chi connectivity index (χ2v) is 4.82. The Balaban J connectivity index is 1.56. The first-order chi connectivity index (χ1) is 9.28. The Hall–Kier alpha value is -1.47. The van der Waals surface area contributed by atoms with E-state index < -0.39 is 0 Å². The molecule has 0 spiro atoms. The molecule has 2 rings (SSSR count). The smallest absolute Gasteiger partial charge is 0.221 e. The van der Waals surface area contributed by atoms with E-state index in [1.165, 1.54) is 0 Å². The minimum absolute atomic E-state index is 0.113. The molecule has 0 aliphatic heterocycles. The maximum atomic E-state index is 11.4. The molecule has 0 aromatic carbocycles. The third kappa shape index (κ3) is 5.35. The summed E-state index contributed by atoms with van der Waals surface area (Å²) >= 11 is 0. The monoisotopic (exact) mass is 267 g/mol. The van der Waals surface area contributed by atoms with Crippen molar-refractivity contribution in [1.82, 2.24) is 25.6 Å². The number of amides is 1. The zero-order valence-corrected chi connectivity index (χ0v) is 11.0. The standard InChI is InChI=1S/C12H21N5O2/c18-7-1-6-17-9-11(15-16-17)8-13-5-4-12(19)14-10-2-3-10/h9-10,13,18H,1-8H2,(H,14,19). The SMILES string of the molecule is O=C(CCNCc1cn(CCCO)nn1)NC1CC1. The van der Waals surface area contributed by atoms with Crippen molar-refractivity contribution >= 4 is 5.91 Å². The quantitative estimate of drug-likeness (QED) is 0.521. The van der Waals surface area contributed by atoms with Crippen LogP contribution in [0.2, 0.25) is 0 Å². The van der Waals surface area contributed by atoms with E-state index in [1.54, 1.807) is 4.68 Å². The van der Waals surface area contributed by atoms with Crippen molar-refractivity contribution in [3.05, 3.63) is 11.9 Å². The summed E-state index contributed by atoms with van der Waals surface area (Å²) in [6, 6.07) is 0.430. The molecule has 19 heavy (non-hydrogen) atoms. The van der Waals surface area contributed by atoms with Gasteiger partial charge in [0.05, 0.1) is 5.69 Å². The average Bonchev–Trinajstić information content (AvgIpc) is 3.09. The van der Waals surface area contributed by atoms with Crippen LogP contribution in [0.1, 0.15) is 31.4 Å². The molecule has 3 N–H and O–H groups in total. The molecule has 0 saturated heterocycles. The van der Waals surface area contributed by atoms with E-state index in [2.05, 4.69) is 20.9 Å². The number of aliphatic hydroxyl groups excluding tert-OH is 1. The van der Waals surface area contributed by atoms with Crippen molar-refractivity contribution in [1.29, 1.82) is 0 Å². The second-order valence-electron chi connectivity index (χ2n) is 4.82. The van der Waals surface area contributed by atoms with Crippen LogP contribution in [0.5, 0.6) is 0 Å². The highest BCUT2D eigenvalue weighted by molar-refractivity contribution is 5.76. The van der Waals surface area contributed by atoms with Crippen LogP contribution >= 0.6 is 0 Å². The number of aryl methyl sites for hydroxylation is 1. The second kappa shape index (κ2) is 7.20. The predicted molar refractivity (Wildman–Crippen MR) is 69.2 cm³/mol. The van der Waals surface area contributed by atoms with E-state index in [1.807, 2.05) is 6.20 Å². The van der Waals surface area contributed by atoms with E-state index in [4.69, 9.17) is 5.11 Å². The summed E-state index contributed by atoms with van der Waals surface area (Å²) in [5.41, 5.74) is 0.848. The summed E-state index contributed by atoms with van der Waals surface area (Å²) in [4.78, 5) is 11.4. The van der Waals surface area contributed by atoms with Crippen LogP contribution in [-0.4, -0.2) is 45.2 Å². The van der Waals surface area contributed by atoms with Crippen molar-refractivity contribution in [2.24, 2.45) is 0 Å². The Morgan fingerprint density at radius 2 is 2.37 bits per heavy atom. The van der Waals surface area contributed by atoms with Gasteiger partial charge in [-0.25, -0.2) is 0 Å². The number of carbonyl (C=O) groups excluding carboxylic acids is 1. The fraction of sp³-hybridized carbons (Fsp3) is 0.750. The third-order valence-corrected chi connectivity index (χ3v) is 2.91. The van der Waals surface area contributed by atoms with Crippen LogP contribution in [0.25, 0.3) is 0 Å². The zero-order chi connectivity index (χ0) is 13.5. The van der Waals surface area contributed by atoms with Crippen LogP contribution in [0.3, 0.4) is 0 Å². The van der Waals surface area contributed by atoms with E-state index in [-0.39, 0.29) is 12.5 Å². The predicted octanol–water partition coefficient (Wildman–Crippen LogP) is -0.581. The lowest BCUT2D eigenvalue weighted by atomic mass is 10.3. The minimum Gasteiger partial charge on any atom is -0.396 e. The van der Waals surface area contributed by atoms with E-state index >= 15 is 0 Å². The van der Waals surface area contributed by atoms with Gasteiger partial charge in [-0.3, -0.25) is 9.48 Å². The molecule has 1 amide bonds. The molecule has 7 heteroatoms. The Morgan fingerprint density at radius 1 is 1.53 bits per heavy atom. The number of hydrogen-bond donors (Lipinski definition) is 3. The van der Waals surface area contributed by atoms with Gasteiger partial charge in [-0.1, -0.05) is 5.21 Å². The topological polar surface area (TPSA) is 92.1 Å². The number of hydrogen-bond acceptors (Lipinski definition) is 5. The van der Waals surface area contributed by atoms with Crippen molar-refractivity contribution in [3.63, 3.8) is 0 Å². The van der Waals surface area contributed by atoms with Gasteiger partial charge in [-0.05, 0) is 19.3 Å². The van der Waals surface area contributed by atoms with Crippen LogP contribution < -0.4 is 10.6 Å². The Kier molecular flexibility index (Phi) is 5.29. The Labute approximate surface area is 112 Å². The molecule has 0 atom stereocenters. The van der Waals surface area contributed by atoms with Crippen molar-refractivity contribution in [2.75, 3.05) is 13.2 Å². The van der Waals surface area contributed by atoms with Gasteiger partial charge in [0.1, 0.15) is 0 Å². The zero-order valence-electron chi connectivity index (χ0n) is 11.0. The first-order valence-electron chi connectivity index (χ1n) is 6.78. The van der Waals surface area contributed by atoms with Crippen molar-refractivity contribution < 1.29 is 9.90 Å². The van der Waals surface area contributed by atoms with Gasteiger partial charge in [0.2, 0.25) is 5.91 Å². The first-order valence-corrected chi connectivity index (χ1v) is 6.78.